The minimum atomic E-state index is -3.39. The maximum Gasteiger partial charge on any atom is 0.269 e. The Kier molecular flexibility index (Phi) is 6.73. The Labute approximate surface area is 136 Å². The Balaban J connectivity index is 0.00000242. The molecule has 0 saturated carbocycles. The number of benzene rings is 1. The van der Waals surface area contributed by atoms with E-state index in [1.165, 1.54) is 28.6 Å². The fourth-order valence-electron chi connectivity index (χ4n) is 2.45. The zero-order valence-corrected chi connectivity index (χ0v) is 13.9. The molecule has 0 bridgehead atoms. The predicted octanol–water partition coefficient (Wildman–Crippen LogP) is 1.53. The van der Waals surface area contributed by atoms with E-state index >= 15 is 0 Å². The van der Waals surface area contributed by atoms with Gasteiger partial charge in [-0.05, 0) is 25.5 Å². The molecule has 1 heterocycles. The van der Waals surface area contributed by atoms with Gasteiger partial charge in [-0.25, -0.2) is 12.7 Å². The first-order valence-corrected chi connectivity index (χ1v) is 8.42. The lowest BCUT2D eigenvalue weighted by Crippen LogP contribution is -2.47. The maximum absolute atomic E-state index is 12.4. The second-order valence-electron chi connectivity index (χ2n) is 5.17. The van der Waals surface area contributed by atoms with E-state index in [0.717, 1.165) is 12.8 Å². The van der Waals surface area contributed by atoms with Crippen LogP contribution >= 0.6 is 12.4 Å². The molecule has 1 aromatic rings. The zero-order valence-electron chi connectivity index (χ0n) is 12.3. The van der Waals surface area contributed by atoms with Gasteiger partial charge < -0.3 is 5.32 Å². The van der Waals surface area contributed by atoms with Crippen molar-refractivity contribution in [1.29, 1.82) is 0 Å². The summed E-state index contributed by atoms with van der Waals surface area (Å²) in [7, 11) is -1.56. The number of likely N-dealkylation sites (N-methyl/N-ethyl adjacent to an activating group) is 1. The first-order chi connectivity index (χ1) is 9.92. The minimum Gasteiger partial charge on any atom is -0.316 e. The van der Waals surface area contributed by atoms with Crippen LogP contribution in [0.5, 0.6) is 0 Å². The van der Waals surface area contributed by atoms with Crippen molar-refractivity contribution in [2.24, 2.45) is 0 Å². The highest BCUT2D eigenvalue weighted by Crippen LogP contribution is 2.19. The number of halogens is 1. The summed E-state index contributed by atoms with van der Waals surface area (Å²) < 4.78 is 26.3. The molecule has 1 atom stereocenters. The van der Waals surface area contributed by atoms with Gasteiger partial charge in [-0.15, -0.1) is 12.4 Å². The SMILES string of the molecule is CNC1CCCN(S(=O)(=O)Cc2ccc([N+](=O)[O-])cc2)C1.Cl. The molecule has 1 N–H and O–H groups in total. The van der Waals surface area contributed by atoms with Crippen molar-refractivity contribution in [3.8, 4) is 0 Å². The maximum atomic E-state index is 12.4. The second-order valence-corrected chi connectivity index (χ2v) is 7.13. The van der Waals surface area contributed by atoms with Gasteiger partial charge >= 0.3 is 0 Å². The number of sulfonamides is 1. The van der Waals surface area contributed by atoms with E-state index < -0.39 is 14.9 Å². The van der Waals surface area contributed by atoms with Gasteiger partial charge in [-0.2, -0.15) is 0 Å². The zero-order chi connectivity index (χ0) is 15.5. The number of rotatable bonds is 5. The molecule has 2 rings (SSSR count). The third-order valence-electron chi connectivity index (χ3n) is 3.68. The van der Waals surface area contributed by atoms with Crippen molar-refractivity contribution < 1.29 is 13.3 Å². The molecule has 1 aliphatic heterocycles. The van der Waals surface area contributed by atoms with Gasteiger partial charge in [-0.1, -0.05) is 12.1 Å². The van der Waals surface area contributed by atoms with E-state index in [4.69, 9.17) is 0 Å². The van der Waals surface area contributed by atoms with Gasteiger partial charge in [-0.3, -0.25) is 10.1 Å². The Morgan fingerprint density at radius 3 is 2.55 bits per heavy atom. The largest absolute Gasteiger partial charge is 0.316 e. The topological polar surface area (TPSA) is 92.6 Å². The molecule has 1 unspecified atom stereocenters. The van der Waals surface area contributed by atoms with Gasteiger partial charge in [0.1, 0.15) is 0 Å². The van der Waals surface area contributed by atoms with Crippen LogP contribution in [-0.2, 0) is 15.8 Å². The molecule has 1 saturated heterocycles. The van der Waals surface area contributed by atoms with Crippen LogP contribution in [0.25, 0.3) is 0 Å². The Morgan fingerprint density at radius 1 is 1.36 bits per heavy atom. The van der Waals surface area contributed by atoms with Gasteiger partial charge in [0.2, 0.25) is 10.0 Å². The molecule has 9 heteroatoms. The van der Waals surface area contributed by atoms with Crippen LogP contribution in [0.15, 0.2) is 24.3 Å². The number of nitro groups is 1. The lowest BCUT2D eigenvalue weighted by atomic mass is 10.1. The average Bonchev–Trinajstić information content (AvgIpc) is 2.47. The second kappa shape index (κ2) is 7.87. The van der Waals surface area contributed by atoms with Crippen molar-refractivity contribution in [2.45, 2.75) is 24.6 Å². The number of nitrogens with one attached hydrogen (secondary N) is 1. The van der Waals surface area contributed by atoms with Crippen LogP contribution in [0.4, 0.5) is 5.69 Å². The number of hydrogen-bond acceptors (Lipinski definition) is 5. The van der Waals surface area contributed by atoms with Crippen LogP contribution in [0, 0.1) is 10.1 Å². The smallest absolute Gasteiger partial charge is 0.269 e. The van der Waals surface area contributed by atoms with Crippen molar-refractivity contribution >= 4 is 28.1 Å². The van der Waals surface area contributed by atoms with E-state index in [0.29, 0.717) is 18.7 Å². The van der Waals surface area contributed by atoms with Gasteiger partial charge in [0.25, 0.3) is 5.69 Å². The molecule has 0 aliphatic carbocycles. The molecule has 124 valence electrons. The van der Waals surface area contributed by atoms with E-state index in [2.05, 4.69) is 5.32 Å². The van der Waals surface area contributed by atoms with Crippen molar-refractivity contribution in [3.63, 3.8) is 0 Å². The minimum absolute atomic E-state index is 0. The molecular formula is C13H20ClN3O4S. The number of nitrogens with zero attached hydrogens (tertiary/aromatic N) is 2. The summed E-state index contributed by atoms with van der Waals surface area (Å²) >= 11 is 0. The van der Waals surface area contributed by atoms with Gasteiger partial charge in [0.05, 0.1) is 10.7 Å². The summed E-state index contributed by atoms with van der Waals surface area (Å²) in [6.07, 6.45) is 1.81. The Bertz CT molecular complexity index is 606. The first-order valence-electron chi connectivity index (χ1n) is 6.81. The highest BCUT2D eigenvalue weighted by Gasteiger charge is 2.28. The van der Waals surface area contributed by atoms with Crippen LogP contribution in [0.1, 0.15) is 18.4 Å². The summed E-state index contributed by atoms with van der Waals surface area (Å²) in [4.78, 5) is 10.1. The molecule has 7 nitrogen and oxygen atoms in total. The lowest BCUT2D eigenvalue weighted by molar-refractivity contribution is -0.384. The highest BCUT2D eigenvalue weighted by atomic mass is 35.5. The average molecular weight is 350 g/mol. The Morgan fingerprint density at radius 2 is 2.00 bits per heavy atom. The summed E-state index contributed by atoms with van der Waals surface area (Å²) in [5, 5.41) is 13.7. The van der Waals surface area contributed by atoms with Crippen molar-refractivity contribution in [3.05, 3.63) is 39.9 Å². The quantitative estimate of drug-likeness (QED) is 0.642. The van der Waals surface area contributed by atoms with Crippen LogP contribution in [-0.4, -0.2) is 43.8 Å². The van der Waals surface area contributed by atoms with Gasteiger partial charge in [0.15, 0.2) is 0 Å². The molecule has 0 spiro atoms. The molecular weight excluding hydrogens is 330 g/mol. The van der Waals surface area contributed by atoms with Crippen LogP contribution in [0.2, 0.25) is 0 Å². The Hall–Kier alpha value is -1.22. The van der Waals surface area contributed by atoms with E-state index in [1.807, 2.05) is 7.05 Å². The van der Waals surface area contributed by atoms with Crippen molar-refractivity contribution in [2.75, 3.05) is 20.1 Å². The van der Waals surface area contributed by atoms with E-state index in [1.54, 1.807) is 0 Å². The van der Waals surface area contributed by atoms with Gasteiger partial charge in [0, 0.05) is 31.3 Å². The summed E-state index contributed by atoms with van der Waals surface area (Å²) in [5.74, 6) is -0.124. The molecule has 1 aromatic carbocycles. The molecule has 1 aliphatic rings. The molecule has 0 aromatic heterocycles. The third-order valence-corrected chi connectivity index (χ3v) is 5.50. The number of hydrogen-bond donors (Lipinski definition) is 1. The highest BCUT2D eigenvalue weighted by molar-refractivity contribution is 7.88. The number of non-ortho nitro benzene ring substituents is 1. The fourth-order valence-corrected chi connectivity index (χ4v) is 4.06. The summed E-state index contributed by atoms with van der Waals surface area (Å²) in [6, 6.07) is 5.84. The summed E-state index contributed by atoms with van der Waals surface area (Å²) in [6.45, 7) is 1.01. The fraction of sp³-hybridized carbons (Fsp3) is 0.538. The predicted molar refractivity (Wildman–Crippen MR) is 86.6 cm³/mol. The lowest BCUT2D eigenvalue weighted by Gasteiger charge is -2.31. The standard InChI is InChI=1S/C13H19N3O4S.ClH/c1-14-12-3-2-8-15(9-12)21(19,20)10-11-4-6-13(7-5-11)16(17)18;/h4-7,12,14H,2-3,8-10H2,1H3;1H. The van der Waals surface area contributed by atoms with Crippen LogP contribution in [0.3, 0.4) is 0 Å². The first kappa shape index (κ1) is 18.8. The molecule has 0 radical (unpaired) electrons. The third kappa shape index (κ3) is 4.64. The van der Waals surface area contributed by atoms with E-state index in [-0.39, 0.29) is 29.9 Å². The number of nitro benzene ring substituents is 1. The monoisotopic (exact) mass is 349 g/mol. The van der Waals surface area contributed by atoms with Crippen molar-refractivity contribution in [1.82, 2.24) is 9.62 Å². The summed E-state index contributed by atoms with van der Waals surface area (Å²) in [5.41, 5.74) is 0.525. The molecule has 22 heavy (non-hydrogen) atoms. The molecule has 1 fully saturated rings. The van der Waals surface area contributed by atoms with Crippen LogP contribution < -0.4 is 5.32 Å². The normalized spacial score (nSPS) is 19.4. The molecule has 0 amide bonds. The van der Waals surface area contributed by atoms with E-state index in [9.17, 15) is 18.5 Å². The number of piperidine rings is 1.